The van der Waals surface area contributed by atoms with Crippen molar-refractivity contribution in [3.8, 4) is 5.75 Å². The summed E-state index contributed by atoms with van der Waals surface area (Å²) in [5.74, 6) is 1.86. The second kappa shape index (κ2) is 5.17. The summed E-state index contributed by atoms with van der Waals surface area (Å²) < 4.78 is 6.70. The number of hydrogen-bond donors (Lipinski definition) is 2. The van der Waals surface area contributed by atoms with Crippen molar-refractivity contribution in [3.05, 3.63) is 24.2 Å². The average molecular weight is 342 g/mol. The monoisotopic (exact) mass is 342 g/mol. The third-order valence-electron chi connectivity index (χ3n) is 6.35. The first-order valence-electron chi connectivity index (χ1n) is 8.95. The number of fused-ring (bicyclic) bond motifs is 1. The van der Waals surface area contributed by atoms with E-state index < -0.39 is 5.60 Å². The van der Waals surface area contributed by atoms with E-state index in [1.54, 1.807) is 30.2 Å². The maximum absolute atomic E-state index is 12.8. The van der Waals surface area contributed by atoms with E-state index in [1.807, 2.05) is 0 Å². The lowest BCUT2D eigenvalue weighted by Gasteiger charge is -2.58. The van der Waals surface area contributed by atoms with Gasteiger partial charge in [-0.3, -0.25) is 4.79 Å². The van der Waals surface area contributed by atoms with Crippen LogP contribution in [0.5, 0.6) is 5.75 Å². The summed E-state index contributed by atoms with van der Waals surface area (Å²) >= 11 is 0. The molecule has 2 unspecified atom stereocenters. The predicted octanol–water partition coefficient (Wildman–Crippen LogP) is 1.41. The first kappa shape index (κ1) is 15.1. The van der Waals surface area contributed by atoms with E-state index >= 15 is 0 Å². The van der Waals surface area contributed by atoms with Crippen LogP contribution in [0.1, 0.15) is 42.5 Å². The number of amides is 1. The molecular formula is C18H22N4O3. The summed E-state index contributed by atoms with van der Waals surface area (Å²) in [6.07, 6.45) is 9.66. The number of methoxy groups -OCH3 is 1. The Morgan fingerprint density at radius 3 is 2.76 bits per heavy atom. The predicted molar refractivity (Wildman–Crippen MR) is 89.3 cm³/mol. The molecule has 132 valence electrons. The van der Waals surface area contributed by atoms with Gasteiger partial charge in [-0.2, -0.15) is 5.10 Å². The maximum atomic E-state index is 12.8. The zero-order valence-electron chi connectivity index (χ0n) is 14.2. The van der Waals surface area contributed by atoms with Crippen molar-refractivity contribution in [2.45, 2.75) is 43.7 Å². The molecule has 2 heterocycles. The Morgan fingerprint density at radius 2 is 2.08 bits per heavy atom. The number of aromatic nitrogens is 3. The van der Waals surface area contributed by atoms with Gasteiger partial charge in [-0.1, -0.05) is 0 Å². The van der Waals surface area contributed by atoms with Crippen molar-refractivity contribution in [1.82, 2.24) is 19.9 Å². The molecule has 2 aromatic rings. The highest BCUT2D eigenvalue weighted by atomic mass is 16.5. The van der Waals surface area contributed by atoms with Crippen molar-refractivity contribution in [2.75, 3.05) is 7.11 Å². The molecule has 2 atom stereocenters. The van der Waals surface area contributed by atoms with Crippen LogP contribution in [0.3, 0.4) is 0 Å². The van der Waals surface area contributed by atoms with Gasteiger partial charge in [-0.25, -0.2) is 9.50 Å². The van der Waals surface area contributed by atoms with E-state index in [0.29, 0.717) is 34.7 Å². The zero-order valence-corrected chi connectivity index (χ0v) is 14.2. The van der Waals surface area contributed by atoms with Crippen LogP contribution in [0.25, 0.3) is 5.65 Å². The molecule has 4 bridgehead atoms. The van der Waals surface area contributed by atoms with Crippen molar-refractivity contribution in [2.24, 2.45) is 17.8 Å². The summed E-state index contributed by atoms with van der Waals surface area (Å²) in [5.41, 5.74) is 0.524. The molecule has 4 fully saturated rings. The van der Waals surface area contributed by atoms with E-state index in [2.05, 4.69) is 15.4 Å². The van der Waals surface area contributed by atoms with Gasteiger partial charge in [0.2, 0.25) is 0 Å². The average Bonchev–Trinajstić information content (AvgIpc) is 2.99. The molecule has 7 heteroatoms. The second-order valence-electron chi connectivity index (χ2n) is 8.01. The molecule has 2 N–H and O–H groups in total. The third-order valence-corrected chi connectivity index (χ3v) is 6.35. The van der Waals surface area contributed by atoms with Crippen LogP contribution in [0.4, 0.5) is 0 Å². The molecule has 0 saturated heterocycles. The first-order valence-corrected chi connectivity index (χ1v) is 8.95. The van der Waals surface area contributed by atoms with Gasteiger partial charge in [0.15, 0.2) is 11.4 Å². The molecule has 4 aliphatic carbocycles. The van der Waals surface area contributed by atoms with Crippen LogP contribution in [0.15, 0.2) is 18.6 Å². The minimum absolute atomic E-state index is 0.128. The Labute approximate surface area is 145 Å². The molecular weight excluding hydrogens is 320 g/mol. The van der Waals surface area contributed by atoms with E-state index in [4.69, 9.17) is 4.74 Å². The molecule has 7 nitrogen and oxygen atoms in total. The largest absolute Gasteiger partial charge is 0.494 e. The minimum Gasteiger partial charge on any atom is -0.494 e. The summed E-state index contributed by atoms with van der Waals surface area (Å²) in [7, 11) is 1.57. The van der Waals surface area contributed by atoms with E-state index in [-0.39, 0.29) is 11.9 Å². The van der Waals surface area contributed by atoms with Gasteiger partial charge >= 0.3 is 0 Å². The van der Waals surface area contributed by atoms with E-state index in [0.717, 1.165) is 32.1 Å². The molecule has 1 amide bonds. The summed E-state index contributed by atoms with van der Waals surface area (Å²) in [6.45, 7) is 0. The number of ether oxygens (including phenoxy) is 1. The van der Waals surface area contributed by atoms with Crippen LogP contribution >= 0.6 is 0 Å². The lowest BCUT2D eigenvalue weighted by molar-refractivity contribution is -0.136. The summed E-state index contributed by atoms with van der Waals surface area (Å²) in [5, 5.41) is 18.1. The number of carbonyl (C=O) groups is 1. The highest BCUT2D eigenvalue weighted by molar-refractivity contribution is 5.99. The van der Waals surface area contributed by atoms with Gasteiger partial charge in [0.05, 0.1) is 31.3 Å². The van der Waals surface area contributed by atoms with Gasteiger partial charge in [0.1, 0.15) is 5.56 Å². The number of nitrogens with zero attached hydrogens (tertiary/aromatic N) is 3. The highest BCUT2D eigenvalue weighted by Gasteiger charge is 2.55. The van der Waals surface area contributed by atoms with E-state index in [9.17, 15) is 9.90 Å². The quantitative estimate of drug-likeness (QED) is 0.880. The Balaban J connectivity index is 1.39. The fraction of sp³-hybridized carbons (Fsp3) is 0.611. The zero-order chi connectivity index (χ0) is 17.2. The Bertz CT molecular complexity index is 832. The van der Waals surface area contributed by atoms with Crippen LogP contribution in [0.2, 0.25) is 0 Å². The number of hydrogen-bond acceptors (Lipinski definition) is 5. The SMILES string of the molecule is COc1cnc2c(C(=O)NC3C4CC5CC3CC(O)(C5)C4)cnn2c1. The van der Waals surface area contributed by atoms with Crippen LogP contribution < -0.4 is 10.1 Å². The standard InChI is InChI=1S/C18H22N4O3/c1-25-13-7-19-16-14(8-20-22(16)9-13)17(23)21-15-11-2-10-3-12(15)6-18(24,4-10)5-11/h7-12,15,24H,2-6H2,1H3,(H,21,23). The number of carbonyl (C=O) groups excluding carboxylic acids is 1. The number of nitrogens with one attached hydrogen (secondary N) is 1. The molecule has 0 aliphatic heterocycles. The summed E-state index contributed by atoms with van der Waals surface area (Å²) in [4.78, 5) is 17.2. The molecule has 2 aromatic heterocycles. The molecule has 6 rings (SSSR count). The molecule has 0 spiro atoms. The second-order valence-corrected chi connectivity index (χ2v) is 8.01. The van der Waals surface area contributed by atoms with Gasteiger partial charge in [0.25, 0.3) is 5.91 Å². The van der Waals surface area contributed by atoms with Gasteiger partial charge < -0.3 is 15.2 Å². The fourth-order valence-electron chi connectivity index (χ4n) is 5.57. The van der Waals surface area contributed by atoms with Gasteiger partial charge in [-0.05, 0) is 49.9 Å². The van der Waals surface area contributed by atoms with Crippen LogP contribution in [0, 0.1) is 17.8 Å². The van der Waals surface area contributed by atoms with Crippen molar-refractivity contribution in [1.29, 1.82) is 0 Å². The molecule has 4 aliphatic rings. The first-order chi connectivity index (χ1) is 12.0. The van der Waals surface area contributed by atoms with Crippen molar-refractivity contribution < 1.29 is 14.6 Å². The van der Waals surface area contributed by atoms with E-state index in [1.165, 1.54) is 0 Å². The Kier molecular flexibility index (Phi) is 3.13. The van der Waals surface area contributed by atoms with Crippen molar-refractivity contribution >= 4 is 11.6 Å². The molecule has 0 aromatic carbocycles. The minimum atomic E-state index is -0.486. The smallest absolute Gasteiger partial charge is 0.257 e. The highest BCUT2D eigenvalue weighted by Crippen LogP contribution is 2.55. The fourth-order valence-corrected chi connectivity index (χ4v) is 5.57. The van der Waals surface area contributed by atoms with Crippen LogP contribution in [-0.2, 0) is 0 Å². The van der Waals surface area contributed by atoms with Gasteiger partial charge in [0, 0.05) is 6.04 Å². The van der Waals surface area contributed by atoms with Crippen molar-refractivity contribution in [3.63, 3.8) is 0 Å². The molecule has 25 heavy (non-hydrogen) atoms. The lowest BCUT2D eigenvalue weighted by atomic mass is 9.52. The maximum Gasteiger partial charge on any atom is 0.257 e. The topological polar surface area (TPSA) is 88.8 Å². The number of rotatable bonds is 3. The van der Waals surface area contributed by atoms with Gasteiger partial charge in [-0.15, -0.1) is 0 Å². The number of aliphatic hydroxyl groups is 1. The molecule has 4 saturated carbocycles. The lowest BCUT2D eigenvalue weighted by Crippen LogP contribution is -2.61. The Morgan fingerprint density at radius 1 is 1.32 bits per heavy atom. The Hall–Kier alpha value is -2.15. The normalized spacial score (nSPS) is 35.9. The van der Waals surface area contributed by atoms with Crippen LogP contribution in [-0.4, -0.2) is 44.4 Å². The molecule has 0 radical (unpaired) electrons. The third kappa shape index (κ3) is 2.33. The summed E-state index contributed by atoms with van der Waals surface area (Å²) in [6, 6.07) is 0.150.